The summed E-state index contributed by atoms with van der Waals surface area (Å²) < 4.78 is 0. The van der Waals surface area contributed by atoms with E-state index in [0.717, 1.165) is 15.4 Å². The van der Waals surface area contributed by atoms with Crippen molar-refractivity contribution in [2.75, 3.05) is 0 Å². The van der Waals surface area contributed by atoms with Crippen molar-refractivity contribution in [2.24, 2.45) is 5.73 Å². The first kappa shape index (κ1) is 14.1. The smallest absolute Gasteiger partial charge is 0.269 e. The van der Waals surface area contributed by atoms with E-state index in [-0.39, 0.29) is 5.69 Å². The van der Waals surface area contributed by atoms with Gasteiger partial charge in [0.05, 0.1) is 4.92 Å². The summed E-state index contributed by atoms with van der Waals surface area (Å²) in [7, 11) is 0. The second kappa shape index (κ2) is 5.75. The van der Waals surface area contributed by atoms with Crippen molar-refractivity contribution in [2.45, 2.75) is 16.7 Å². The number of amides is 1. The molecule has 2 aromatic carbocycles. The molecule has 20 heavy (non-hydrogen) atoms. The number of benzene rings is 2. The summed E-state index contributed by atoms with van der Waals surface area (Å²) in [6, 6.07) is 11.7. The Morgan fingerprint density at radius 2 is 1.75 bits per heavy atom. The van der Waals surface area contributed by atoms with Gasteiger partial charge in [0.2, 0.25) is 5.91 Å². The van der Waals surface area contributed by atoms with Gasteiger partial charge in [0.25, 0.3) is 5.69 Å². The predicted molar refractivity (Wildman–Crippen MR) is 76.9 cm³/mol. The van der Waals surface area contributed by atoms with E-state index in [1.165, 1.54) is 23.9 Å². The van der Waals surface area contributed by atoms with Crippen LogP contribution in [0.3, 0.4) is 0 Å². The second-order valence-corrected chi connectivity index (χ2v) is 5.34. The predicted octanol–water partition coefficient (Wildman–Crippen LogP) is 3.15. The zero-order chi connectivity index (χ0) is 14.7. The molecule has 0 spiro atoms. The Kier molecular flexibility index (Phi) is 4.05. The third-order valence-corrected chi connectivity index (χ3v) is 3.74. The van der Waals surface area contributed by atoms with E-state index in [2.05, 4.69) is 0 Å². The van der Waals surface area contributed by atoms with Gasteiger partial charge in [-0.15, -0.1) is 0 Å². The van der Waals surface area contributed by atoms with Crippen LogP contribution in [0.5, 0.6) is 0 Å². The van der Waals surface area contributed by atoms with Crippen LogP contribution < -0.4 is 5.73 Å². The molecular weight excluding hydrogens is 276 g/mol. The number of hydrogen-bond donors (Lipinski definition) is 1. The number of carbonyl (C=O) groups is 1. The second-order valence-electron chi connectivity index (χ2n) is 4.19. The van der Waals surface area contributed by atoms with Gasteiger partial charge in [-0.2, -0.15) is 0 Å². The van der Waals surface area contributed by atoms with Gasteiger partial charge in [-0.05, 0) is 42.8 Å². The van der Waals surface area contributed by atoms with Gasteiger partial charge in [0.15, 0.2) is 0 Å². The summed E-state index contributed by atoms with van der Waals surface area (Å²) in [5.41, 5.74) is 6.62. The van der Waals surface area contributed by atoms with Crippen LogP contribution >= 0.6 is 11.8 Å². The number of hydrogen-bond acceptors (Lipinski definition) is 4. The quantitative estimate of drug-likeness (QED) is 0.691. The molecule has 6 heteroatoms. The molecule has 0 aliphatic rings. The molecule has 2 N–H and O–H groups in total. The van der Waals surface area contributed by atoms with Crippen LogP contribution in [0.1, 0.15) is 15.9 Å². The van der Waals surface area contributed by atoms with Gasteiger partial charge in [-0.1, -0.05) is 11.8 Å². The molecule has 0 atom stereocenters. The van der Waals surface area contributed by atoms with Crippen LogP contribution in [0, 0.1) is 17.0 Å². The highest BCUT2D eigenvalue weighted by atomic mass is 32.2. The third kappa shape index (κ3) is 3.16. The van der Waals surface area contributed by atoms with E-state index in [1.807, 2.05) is 13.0 Å². The molecule has 0 aliphatic carbocycles. The number of nitrogens with two attached hydrogens (primary N) is 1. The highest BCUT2D eigenvalue weighted by Gasteiger charge is 2.08. The lowest BCUT2D eigenvalue weighted by Gasteiger charge is -2.05. The summed E-state index contributed by atoms with van der Waals surface area (Å²) >= 11 is 1.47. The molecule has 0 saturated heterocycles. The highest BCUT2D eigenvalue weighted by molar-refractivity contribution is 7.99. The molecular formula is C14H12N2O3S. The van der Waals surface area contributed by atoms with Crippen LogP contribution in [0.15, 0.2) is 52.3 Å². The normalized spacial score (nSPS) is 10.2. The number of carbonyl (C=O) groups excluding carboxylic acids is 1. The number of nitro benzene ring substituents is 1. The maximum atomic E-state index is 11.1. The monoisotopic (exact) mass is 288 g/mol. The minimum atomic E-state index is -0.450. The Hall–Kier alpha value is -2.34. The van der Waals surface area contributed by atoms with E-state index >= 15 is 0 Å². The molecule has 0 heterocycles. The van der Waals surface area contributed by atoms with E-state index in [4.69, 9.17) is 5.73 Å². The summed E-state index contributed by atoms with van der Waals surface area (Å²) in [6.45, 7) is 1.82. The lowest BCUT2D eigenvalue weighted by molar-refractivity contribution is -0.384. The molecule has 0 radical (unpaired) electrons. The van der Waals surface area contributed by atoms with Gasteiger partial charge < -0.3 is 5.73 Å². The SMILES string of the molecule is Cc1cc(Sc2ccc([N+](=O)[O-])cc2)ccc1C(N)=O. The summed E-state index contributed by atoms with van der Waals surface area (Å²) in [4.78, 5) is 23.1. The van der Waals surface area contributed by atoms with Crippen LogP contribution in [-0.4, -0.2) is 10.8 Å². The average Bonchev–Trinajstić information content (AvgIpc) is 2.39. The Morgan fingerprint density at radius 1 is 1.15 bits per heavy atom. The Bertz CT molecular complexity index is 669. The third-order valence-electron chi connectivity index (χ3n) is 2.75. The molecule has 0 aliphatic heterocycles. The fourth-order valence-electron chi connectivity index (χ4n) is 1.75. The van der Waals surface area contributed by atoms with Crippen LogP contribution in [-0.2, 0) is 0 Å². The molecule has 0 fully saturated rings. The summed E-state index contributed by atoms with van der Waals surface area (Å²) in [5, 5.41) is 10.6. The minimum absolute atomic E-state index is 0.0645. The van der Waals surface area contributed by atoms with Crippen molar-refractivity contribution in [3.8, 4) is 0 Å². The standard InChI is InChI=1S/C14H12N2O3S/c1-9-8-12(6-7-13(9)14(15)17)20-11-4-2-10(3-5-11)16(18)19/h2-8H,1H3,(H2,15,17). The van der Waals surface area contributed by atoms with Crippen molar-refractivity contribution < 1.29 is 9.72 Å². The maximum absolute atomic E-state index is 11.1. The van der Waals surface area contributed by atoms with Gasteiger partial charge in [-0.25, -0.2) is 0 Å². The number of rotatable bonds is 4. The van der Waals surface area contributed by atoms with Crippen molar-refractivity contribution in [1.29, 1.82) is 0 Å². The molecule has 2 rings (SSSR count). The zero-order valence-corrected chi connectivity index (χ0v) is 11.5. The number of aryl methyl sites for hydroxylation is 1. The fraction of sp³-hybridized carbons (Fsp3) is 0.0714. The number of non-ortho nitro benzene ring substituents is 1. The van der Waals surface area contributed by atoms with Crippen LogP contribution in [0.25, 0.3) is 0 Å². The zero-order valence-electron chi connectivity index (χ0n) is 10.7. The number of nitro groups is 1. The largest absolute Gasteiger partial charge is 0.366 e. The molecule has 0 saturated carbocycles. The Labute approximate surface area is 119 Å². The molecule has 5 nitrogen and oxygen atoms in total. The van der Waals surface area contributed by atoms with Crippen molar-refractivity contribution in [3.05, 3.63) is 63.7 Å². The average molecular weight is 288 g/mol. The van der Waals surface area contributed by atoms with Crippen molar-refractivity contribution in [3.63, 3.8) is 0 Å². The number of nitrogens with zero attached hydrogens (tertiary/aromatic N) is 1. The molecule has 1 amide bonds. The van der Waals surface area contributed by atoms with E-state index in [9.17, 15) is 14.9 Å². The van der Waals surface area contributed by atoms with E-state index in [0.29, 0.717) is 5.56 Å². The van der Waals surface area contributed by atoms with Gasteiger partial charge >= 0.3 is 0 Å². The fourth-order valence-corrected chi connectivity index (χ4v) is 2.66. The van der Waals surface area contributed by atoms with Gasteiger partial charge in [-0.3, -0.25) is 14.9 Å². The van der Waals surface area contributed by atoms with Gasteiger partial charge in [0, 0.05) is 27.5 Å². The minimum Gasteiger partial charge on any atom is -0.366 e. The molecule has 0 bridgehead atoms. The summed E-state index contributed by atoms with van der Waals surface area (Å²) in [6.07, 6.45) is 0. The van der Waals surface area contributed by atoms with Crippen LogP contribution in [0.2, 0.25) is 0 Å². The van der Waals surface area contributed by atoms with Crippen molar-refractivity contribution >= 4 is 23.4 Å². The lowest BCUT2D eigenvalue weighted by Crippen LogP contribution is -2.12. The first-order valence-corrected chi connectivity index (χ1v) is 6.62. The van der Waals surface area contributed by atoms with Gasteiger partial charge in [0.1, 0.15) is 0 Å². The molecule has 2 aromatic rings. The number of primary amides is 1. The molecule has 0 aromatic heterocycles. The Balaban J connectivity index is 2.19. The van der Waals surface area contributed by atoms with E-state index < -0.39 is 10.8 Å². The maximum Gasteiger partial charge on any atom is 0.269 e. The molecule has 102 valence electrons. The van der Waals surface area contributed by atoms with Crippen LogP contribution in [0.4, 0.5) is 5.69 Å². The Morgan fingerprint density at radius 3 is 2.25 bits per heavy atom. The van der Waals surface area contributed by atoms with Crippen molar-refractivity contribution in [1.82, 2.24) is 0 Å². The lowest BCUT2D eigenvalue weighted by atomic mass is 10.1. The first-order chi connectivity index (χ1) is 9.47. The highest BCUT2D eigenvalue weighted by Crippen LogP contribution is 2.30. The van der Waals surface area contributed by atoms with E-state index in [1.54, 1.807) is 24.3 Å². The topological polar surface area (TPSA) is 86.2 Å². The summed E-state index contributed by atoms with van der Waals surface area (Å²) in [5.74, 6) is -0.450. The first-order valence-electron chi connectivity index (χ1n) is 5.80. The molecule has 0 unspecified atom stereocenters.